The number of methoxy groups -OCH3 is 1. The van der Waals surface area contributed by atoms with Crippen molar-refractivity contribution in [3.63, 3.8) is 0 Å². The second-order valence-electron chi connectivity index (χ2n) is 8.18. The predicted octanol–water partition coefficient (Wildman–Crippen LogP) is 2.96. The van der Waals surface area contributed by atoms with Crippen molar-refractivity contribution in [1.82, 2.24) is 15.5 Å². The molecule has 0 aromatic heterocycles. The minimum atomic E-state index is -0.538. The number of nitrogens with one attached hydrogen (secondary N) is 2. The molecular weight excluding hydrogens is 397 g/mol. The van der Waals surface area contributed by atoms with Crippen LogP contribution in [0.15, 0.2) is 42.5 Å². The molecule has 0 radical (unpaired) electrons. The summed E-state index contributed by atoms with van der Waals surface area (Å²) in [5.41, 5.74) is 2.07. The summed E-state index contributed by atoms with van der Waals surface area (Å²) >= 11 is 0. The average molecular weight is 428 g/mol. The second kappa shape index (κ2) is 9.92. The summed E-state index contributed by atoms with van der Waals surface area (Å²) < 4.78 is 19.4. The van der Waals surface area contributed by atoms with Gasteiger partial charge in [0.2, 0.25) is 11.8 Å². The molecule has 0 saturated carbocycles. The first-order chi connectivity index (χ1) is 14.8. The quantitative estimate of drug-likeness (QED) is 0.744. The van der Waals surface area contributed by atoms with Crippen molar-refractivity contribution < 1.29 is 18.7 Å². The van der Waals surface area contributed by atoms with Gasteiger partial charge in [0, 0.05) is 37.2 Å². The summed E-state index contributed by atoms with van der Waals surface area (Å²) in [5, 5.41) is 6.16. The van der Waals surface area contributed by atoms with Crippen molar-refractivity contribution in [3.8, 4) is 16.9 Å². The number of hydrogen-bond donors (Lipinski definition) is 2. The van der Waals surface area contributed by atoms with Crippen LogP contribution in [-0.4, -0.2) is 49.0 Å². The van der Waals surface area contributed by atoms with Crippen LogP contribution in [0.25, 0.3) is 11.1 Å². The Morgan fingerprint density at radius 3 is 2.55 bits per heavy atom. The first-order valence-corrected chi connectivity index (χ1v) is 10.5. The van der Waals surface area contributed by atoms with Crippen molar-refractivity contribution in [2.75, 3.05) is 20.2 Å². The first-order valence-electron chi connectivity index (χ1n) is 10.5. The molecule has 2 unspecified atom stereocenters. The van der Waals surface area contributed by atoms with E-state index in [1.165, 1.54) is 6.07 Å². The molecule has 7 heteroatoms. The lowest BCUT2D eigenvalue weighted by Crippen LogP contribution is -2.63. The number of carbonyl (C=O) groups is 2. The van der Waals surface area contributed by atoms with E-state index in [4.69, 9.17) is 4.74 Å². The standard InChI is InChI=1S/C24H30FN3O3/c1-15(2)24(30)28-16(3)12-26-14-22(28)23(29)27-13-17-5-7-18(8-6-17)20-11-19(31-4)9-10-21(20)25/h5-11,15-16,22,26H,12-14H2,1-4H3,(H,27,29). The van der Waals surface area contributed by atoms with Gasteiger partial charge in [-0.1, -0.05) is 38.1 Å². The smallest absolute Gasteiger partial charge is 0.244 e. The summed E-state index contributed by atoms with van der Waals surface area (Å²) in [6, 6.07) is 11.4. The van der Waals surface area contributed by atoms with Crippen LogP contribution in [0.1, 0.15) is 26.3 Å². The van der Waals surface area contributed by atoms with E-state index in [9.17, 15) is 14.0 Å². The minimum Gasteiger partial charge on any atom is -0.497 e. The van der Waals surface area contributed by atoms with Gasteiger partial charge in [0.15, 0.2) is 0 Å². The Hall–Kier alpha value is -2.93. The highest BCUT2D eigenvalue weighted by Crippen LogP contribution is 2.27. The monoisotopic (exact) mass is 427 g/mol. The fraction of sp³-hybridized carbons (Fsp3) is 0.417. The third kappa shape index (κ3) is 5.22. The molecule has 2 N–H and O–H groups in total. The van der Waals surface area contributed by atoms with Crippen molar-refractivity contribution in [1.29, 1.82) is 0 Å². The van der Waals surface area contributed by atoms with Gasteiger partial charge in [-0.15, -0.1) is 0 Å². The summed E-state index contributed by atoms with van der Waals surface area (Å²) in [4.78, 5) is 27.2. The number of carbonyl (C=O) groups excluding carboxylic acids is 2. The Morgan fingerprint density at radius 1 is 1.19 bits per heavy atom. The Balaban J connectivity index is 1.67. The van der Waals surface area contributed by atoms with E-state index >= 15 is 0 Å². The molecule has 0 bridgehead atoms. The maximum Gasteiger partial charge on any atom is 0.244 e. The Labute approximate surface area is 182 Å². The number of rotatable bonds is 6. The van der Waals surface area contributed by atoms with Crippen molar-refractivity contribution in [3.05, 3.63) is 53.8 Å². The van der Waals surface area contributed by atoms with Gasteiger partial charge in [0.25, 0.3) is 0 Å². The summed E-state index contributed by atoms with van der Waals surface area (Å²) in [7, 11) is 1.54. The maximum absolute atomic E-state index is 14.2. The third-order valence-corrected chi connectivity index (χ3v) is 5.54. The number of amides is 2. The topological polar surface area (TPSA) is 70.7 Å². The van der Waals surface area contributed by atoms with Crippen LogP contribution >= 0.6 is 0 Å². The average Bonchev–Trinajstić information content (AvgIpc) is 2.77. The molecule has 31 heavy (non-hydrogen) atoms. The molecule has 2 atom stereocenters. The van der Waals surface area contributed by atoms with Crippen molar-refractivity contribution >= 4 is 11.8 Å². The van der Waals surface area contributed by atoms with Crippen molar-refractivity contribution in [2.45, 2.75) is 39.4 Å². The zero-order chi connectivity index (χ0) is 22.5. The normalized spacial score (nSPS) is 18.7. The molecule has 1 aliphatic heterocycles. The van der Waals surface area contributed by atoms with Crippen LogP contribution in [-0.2, 0) is 16.1 Å². The van der Waals surface area contributed by atoms with Gasteiger partial charge in [-0.3, -0.25) is 9.59 Å². The summed E-state index contributed by atoms with van der Waals surface area (Å²) in [6.45, 7) is 7.07. The molecule has 3 rings (SSSR count). The minimum absolute atomic E-state index is 0.0150. The lowest BCUT2D eigenvalue weighted by atomic mass is 10.0. The van der Waals surface area contributed by atoms with Crippen molar-refractivity contribution in [2.24, 2.45) is 5.92 Å². The second-order valence-corrected chi connectivity index (χ2v) is 8.18. The van der Waals surface area contributed by atoms with Gasteiger partial charge in [0.05, 0.1) is 7.11 Å². The maximum atomic E-state index is 14.2. The molecule has 1 saturated heterocycles. The summed E-state index contributed by atoms with van der Waals surface area (Å²) in [6.07, 6.45) is 0. The number of piperazine rings is 1. The molecular formula is C24H30FN3O3. The van der Waals surface area contributed by atoms with Crippen LogP contribution < -0.4 is 15.4 Å². The van der Waals surface area contributed by atoms with E-state index in [2.05, 4.69) is 10.6 Å². The molecule has 6 nitrogen and oxygen atoms in total. The molecule has 166 valence electrons. The van der Waals surface area contributed by atoms with E-state index in [0.29, 0.717) is 30.9 Å². The Bertz CT molecular complexity index is 930. The van der Waals surface area contributed by atoms with E-state index in [0.717, 1.165) is 11.1 Å². The molecule has 2 aromatic carbocycles. The number of nitrogens with zero attached hydrogens (tertiary/aromatic N) is 1. The Kier molecular flexibility index (Phi) is 7.28. The van der Waals surface area contributed by atoms with E-state index in [1.807, 2.05) is 45.0 Å². The number of benzene rings is 2. The van der Waals surface area contributed by atoms with Crippen LogP contribution in [0.5, 0.6) is 5.75 Å². The number of hydrogen-bond acceptors (Lipinski definition) is 4. The number of halogens is 1. The van der Waals surface area contributed by atoms with Gasteiger partial charge in [-0.2, -0.15) is 0 Å². The zero-order valence-corrected chi connectivity index (χ0v) is 18.4. The highest BCUT2D eigenvalue weighted by atomic mass is 19.1. The highest BCUT2D eigenvalue weighted by Gasteiger charge is 2.36. The Morgan fingerprint density at radius 2 is 1.90 bits per heavy atom. The van der Waals surface area contributed by atoms with E-state index in [-0.39, 0.29) is 29.6 Å². The number of ether oxygens (including phenoxy) is 1. The predicted molar refractivity (Wildman–Crippen MR) is 118 cm³/mol. The van der Waals surface area contributed by atoms with Crippen LogP contribution in [0.3, 0.4) is 0 Å². The van der Waals surface area contributed by atoms with Gasteiger partial charge in [-0.25, -0.2) is 4.39 Å². The van der Waals surface area contributed by atoms with Crippen LogP contribution in [0.2, 0.25) is 0 Å². The van der Waals surface area contributed by atoms with Crippen LogP contribution in [0, 0.1) is 11.7 Å². The molecule has 1 fully saturated rings. The van der Waals surface area contributed by atoms with Gasteiger partial charge in [-0.05, 0) is 36.2 Å². The van der Waals surface area contributed by atoms with E-state index in [1.54, 1.807) is 24.1 Å². The fourth-order valence-corrected chi connectivity index (χ4v) is 3.78. The van der Waals surface area contributed by atoms with E-state index < -0.39 is 6.04 Å². The van der Waals surface area contributed by atoms with Gasteiger partial charge in [0.1, 0.15) is 17.6 Å². The highest BCUT2D eigenvalue weighted by molar-refractivity contribution is 5.89. The molecule has 1 aliphatic rings. The fourth-order valence-electron chi connectivity index (χ4n) is 3.78. The largest absolute Gasteiger partial charge is 0.497 e. The molecule has 0 aliphatic carbocycles. The SMILES string of the molecule is COc1ccc(F)c(-c2ccc(CNC(=O)C3CNCC(C)N3C(=O)C(C)C)cc2)c1. The van der Waals surface area contributed by atoms with Gasteiger partial charge < -0.3 is 20.3 Å². The van der Waals surface area contributed by atoms with Crippen LogP contribution in [0.4, 0.5) is 4.39 Å². The molecule has 2 aromatic rings. The lowest BCUT2D eigenvalue weighted by Gasteiger charge is -2.41. The molecule has 0 spiro atoms. The molecule has 1 heterocycles. The third-order valence-electron chi connectivity index (χ3n) is 5.54. The summed E-state index contributed by atoms with van der Waals surface area (Å²) in [5.74, 6) is -0.102. The lowest BCUT2D eigenvalue weighted by molar-refractivity contribution is -0.146. The molecule has 2 amide bonds. The zero-order valence-electron chi connectivity index (χ0n) is 18.4. The van der Waals surface area contributed by atoms with Gasteiger partial charge >= 0.3 is 0 Å². The first kappa shape index (κ1) is 22.7.